The van der Waals surface area contributed by atoms with E-state index < -0.39 is 23.5 Å². The second-order valence-electron chi connectivity index (χ2n) is 9.37. The summed E-state index contributed by atoms with van der Waals surface area (Å²) in [5.41, 5.74) is 1.81. The van der Waals surface area contributed by atoms with E-state index in [1.165, 1.54) is 39.3 Å². The highest BCUT2D eigenvalue weighted by molar-refractivity contribution is 8.00. The monoisotopic (exact) mass is 577 g/mol. The number of carbonyl (C=O) groups is 2. The van der Waals surface area contributed by atoms with Crippen molar-refractivity contribution in [2.75, 3.05) is 11.5 Å². The van der Waals surface area contributed by atoms with Crippen LogP contribution < -0.4 is 9.64 Å². The molecule has 0 fully saturated rings. The third-order valence-electron chi connectivity index (χ3n) is 6.14. The van der Waals surface area contributed by atoms with Crippen LogP contribution in [-0.4, -0.2) is 33.6 Å². The van der Waals surface area contributed by atoms with Crippen LogP contribution in [0.4, 0.5) is 5.13 Å². The average molecular weight is 578 g/mol. The number of ketones is 1. The third kappa shape index (κ3) is 6.08. The molecule has 0 bridgehead atoms. The molecule has 0 saturated heterocycles. The number of nitrogens with zero attached hydrogens (tertiary/aromatic N) is 3. The minimum Gasteiger partial charge on any atom is -0.503 e. The van der Waals surface area contributed by atoms with Gasteiger partial charge in [-0.15, -0.1) is 21.5 Å². The molecule has 5 rings (SSSR count). The molecule has 3 heterocycles. The lowest BCUT2D eigenvalue weighted by atomic mass is 9.95. The predicted molar refractivity (Wildman–Crippen MR) is 156 cm³/mol. The number of anilines is 1. The Kier molecular flexibility index (Phi) is 8.44. The Hall–Kier alpha value is -3.47. The van der Waals surface area contributed by atoms with Crippen molar-refractivity contribution in [2.24, 2.45) is 5.92 Å². The summed E-state index contributed by atoms with van der Waals surface area (Å²) in [6, 6.07) is 19.9. The van der Waals surface area contributed by atoms with Crippen LogP contribution in [0.2, 0.25) is 0 Å². The number of hydrogen-bond donors (Lipinski definition) is 1. The summed E-state index contributed by atoms with van der Waals surface area (Å²) < 4.78 is 6.65. The highest BCUT2D eigenvalue weighted by atomic mass is 32.2. The Bertz CT molecular complexity index is 1480. The van der Waals surface area contributed by atoms with Crippen LogP contribution in [0.3, 0.4) is 0 Å². The summed E-state index contributed by atoms with van der Waals surface area (Å²) in [7, 11) is 0. The minimum atomic E-state index is -0.874. The lowest BCUT2D eigenvalue weighted by Crippen LogP contribution is -2.31. The van der Waals surface area contributed by atoms with E-state index in [1.807, 2.05) is 54.6 Å². The zero-order valence-electron chi connectivity index (χ0n) is 21.4. The molecule has 10 heteroatoms. The lowest BCUT2D eigenvalue weighted by molar-refractivity contribution is -0.117. The number of amides is 1. The highest BCUT2D eigenvalue weighted by Crippen LogP contribution is 2.44. The van der Waals surface area contributed by atoms with E-state index in [4.69, 9.17) is 4.74 Å². The fraction of sp³-hybridized carbons (Fsp3) is 0.241. The quantitative estimate of drug-likeness (QED) is 0.115. The molecule has 7 nitrogen and oxygen atoms in total. The van der Waals surface area contributed by atoms with Crippen LogP contribution in [0.15, 0.2) is 87.8 Å². The van der Waals surface area contributed by atoms with Crippen LogP contribution in [0.25, 0.3) is 0 Å². The maximum absolute atomic E-state index is 13.6. The van der Waals surface area contributed by atoms with Gasteiger partial charge in [0.05, 0.1) is 23.1 Å². The number of Topliss-reactive ketones (excluding diaryl/α,β-unsaturated/α-hetero) is 1. The molecule has 200 valence electrons. The Morgan fingerprint density at radius 2 is 1.92 bits per heavy atom. The fourth-order valence-corrected chi connectivity index (χ4v) is 6.66. The second-order valence-corrected chi connectivity index (χ2v) is 12.5. The number of benzene rings is 2. The lowest BCUT2D eigenvalue weighted by Gasteiger charge is -2.24. The van der Waals surface area contributed by atoms with E-state index in [9.17, 15) is 14.7 Å². The van der Waals surface area contributed by atoms with Crippen LogP contribution >= 0.6 is 34.4 Å². The number of aromatic nitrogens is 2. The number of hydrogen-bond acceptors (Lipinski definition) is 9. The minimum absolute atomic E-state index is 0.0236. The first-order chi connectivity index (χ1) is 18.9. The summed E-state index contributed by atoms with van der Waals surface area (Å²) in [5, 5.41) is 21.7. The molecule has 39 heavy (non-hydrogen) atoms. The third-order valence-corrected chi connectivity index (χ3v) is 9.14. The SMILES string of the molecule is CC(C)CCOc1cccc(C2C(C(=O)c3cccs3)=C(O)C(=O)N2c2nnc(SCc3ccccc3)s2)c1. The Balaban J connectivity index is 1.48. The number of aliphatic hydroxyl groups excluding tert-OH is 1. The molecule has 1 aliphatic rings. The van der Waals surface area contributed by atoms with Crippen LogP contribution in [0, 0.1) is 5.92 Å². The van der Waals surface area contributed by atoms with E-state index in [0.717, 1.165) is 12.0 Å². The van der Waals surface area contributed by atoms with Gasteiger partial charge in [-0.25, -0.2) is 0 Å². The van der Waals surface area contributed by atoms with Gasteiger partial charge in [0.15, 0.2) is 10.1 Å². The molecule has 1 atom stereocenters. The van der Waals surface area contributed by atoms with Crippen molar-refractivity contribution in [1.82, 2.24) is 10.2 Å². The summed E-state index contributed by atoms with van der Waals surface area (Å²) in [5.74, 6) is 0.190. The van der Waals surface area contributed by atoms with Crippen molar-refractivity contribution >= 4 is 51.3 Å². The molecular formula is C29H27N3O4S3. The van der Waals surface area contributed by atoms with Crippen molar-refractivity contribution in [1.29, 1.82) is 0 Å². The molecule has 0 spiro atoms. The number of thioether (sulfide) groups is 1. The van der Waals surface area contributed by atoms with E-state index >= 15 is 0 Å². The maximum atomic E-state index is 13.6. The highest BCUT2D eigenvalue weighted by Gasteiger charge is 2.46. The van der Waals surface area contributed by atoms with Crippen LogP contribution in [0.5, 0.6) is 5.75 Å². The topological polar surface area (TPSA) is 92.6 Å². The van der Waals surface area contributed by atoms with Crippen molar-refractivity contribution in [2.45, 2.75) is 36.4 Å². The Labute approximate surface area is 239 Å². The molecule has 1 unspecified atom stereocenters. The molecule has 2 aromatic carbocycles. The van der Waals surface area contributed by atoms with Gasteiger partial charge in [-0.3, -0.25) is 14.5 Å². The predicted octanol–water partition coefficient (Wildman–Crippen LogP) is 7.10. The van der Waals surface area contributed by atoms with Gasteiger partial charge in [-0.2, -0.15) is 0 Å². The molecule has 0 radical (unpaired) electrons. The average Bonchev–Trinajstić information content (AvgIpc) is 3.69. The summed E-state index contributed by atoms with van der Waals surface area (Å²) >= 11 is 4.03. The largest absolute Gasteiger partial charge is 0.503 e. The van der Waals surface area contributed by atoms with E-state index in [0.29, 0.717) is 43.9 Å². The second kappa shape index (κ2) is 12.1. The van der Waals surface area contributed by atoms with Crippen LogP contribution in [0.1, 0.15) is 47.1 Å². The first-order valence-electron chi connectivity index (χ1n) is 12.5. The molecule has 0 aliphatic carbocycles. The van der Waals surface area contributed by atoms with Crippen molar-refractivity contribution in [3.8, 4) is 5.75 Å². The standard InChI is InChI=1S/C29H27N3O4S3/c1-18(2)13-14-36-21-11-6-10-20(16-21)24-23(25(33)22-12-7-15-37-22)26(34)27(35)32(24)28-30-31-29(39-28)38-17-19-8-4-3-5-9-19/h3-12,15-16,18,24,34H,13-14,17H2,1-2H3. The molecule has 1 aliphatic heterocycles. The normalized spacial score (nSPS) is 15.4. The number of ether oxygens (including phenoxy) is 1. The smallest absolute Gasteiger partial charge is 0.296 e. The summed E-state index contributed by atoms with van der Waals surface area (Å²) in [4.78, 5) is 28.8. The zero-order chi connectivity index (χ0) is 27.4. The van der Waals surface area contributed by atoms with Gasteiger partial charge in [0.1, 0.15) is 5.75 Å². The van der Waals surface area contributed by atoms with E-state index in [1.54, 1.807) is 17.5 Å². The first-order valence-corrected chi connectivity index (χ1v) is 15.2. The van der Waals surface area contributed by atoms with Gasteiger partial charge in [0.2, 0.25) is 10.9 Å². The van der Waals surface area contributed by atoms with Gasteiger partial charge >= 0.3 is 0 Å². The summed E-state index contributed by atoms with van der Waals surface area (Å²) in [6.45, 7) is 4.81. The molecular weight excluding hydrogens is 551 g/mol. The van der Waals surface area contributed by atoms with Gasteiger partial charge in [-0.1, -0.05) is 85.5 Å². The summed E-state index contributed by atoms with van der Waals surface area (Å²) in [6.07, 6.45) is 0.898. The Morgan fingerprint density at radius 1 is 1.10 bits per heavy atom. The number of carbonyl (C=O) groups excluding carboxylic acids is 2. The van der Waals surface area contributed by atoms with E-state index in [2.05, 4.69) is 24.0 Å². The van der Waals surface area contributed by atoms with Gasteiger partial charge < -0.3 is 9.84 Å². The molecule has 1 N–H and O–H groups in total. The van der Waals surface area contributed by atoms with Gasteiger partial charge in [0.25, 0.3) is 5.91 Å². The zero-order valence-corrected chi connectivity index (χ0v) is 23.9. The number of thiophene rings is 1. The molecule has 4 aromatic rings. The van der Waals surface area contributed by atoms with Crippen molar-refractivity contribution < 1.29 is 19.4 Å². The van der Waals surface area contributed by atoms with Crippen LogP contribution in [-0.2, 0) is 10.5 Å². The number of rotatable bonds is 11. The van der Waals surface area contributed by atoms with Crippen molar-refractivity contribution in [3.63, 3.8) is 0 Å². The van der Waals surface area contributed by atoms with Gasteiger partial charge in [0, 0.05) is 5.75 Å². The Morgan fingerprint density at radius 3 is 2.67 bits per heavy atom. The van der Waals surface area contributed by atoms with E-state index in [-0.39, 0.29) is 5.57 Å². The maximum Gasteiger partial charge on any atom is 0.296 e. The molecule has 2 aromatic heterocycles. The van der Waals surface area contributed by atoms with Gasteiger partial charge in [-0.05, 0) is 47.0 Å². The first kappa shape index (κ1) is 27.1. The molecule has 0 saturated carbocycles. The number of aliphatic hydroxyl groups is 1. The molecule has 1 amide bonds. The van der Waals surface area contributed by atoms with Crippen molar-refractivity contribution in [3.05, 3.63) is 99.4 Å². The fourth-order valence-electron chi connectivity index (χ4n) is 4.15.